The highest BCUT2D eigenvalue weighted by Crippen LogP contribution is 2.23. The smallest absolute Gasteiger partial charge is 0.316 e. The van der Waals surface area contributed by atoms with E-state index < -0.39 is 11.9 Å². The van der Waals surface area contributed by atoms with Crippen LogP contribution in [0, 0.1) is 0 Å². The number of ether oxygens (including phenoxy) is 1. The number of para-hydroxylation sites is 2. The lowest BCUT2D eigenvalue weighted by molar-refractivity contribution is -0.144. The number of esters is 1. The molecule has 0 aliphatic heterocycles. The number of amides is 1. The fourth-order valence-corrected chi connectivity index (χ4v) is 2.71. The molecule has 2 aromatic carbocycles. The summed E-state index contributed by atoms with van der Waals surface area (Å²) < 4.78 is 10.4. The van der Waals surface area contributed by atoms with Gasteiger partial charge in [-0.2, -0.15) is 0 Å². The number of aromatic nitrogens is 1. The summed E-state index contributed by atoms with van der Waals surface area (Å²) in [6, 6.07) is 13.9. The van der Waals surface area contributed by atoms with Crippen LogP contribution >= 0.6 is 23.4 Å². The maximum Gasteiger partial charge on any atom is 0.316 e. The topological polar surface area (TPSA) is 81.4 Å². The number of thioether (sulfide) groups is 1. The number of nitrogens with zero attached hydrogens (tertiary/aromatic N) is 1. The first kappa shape index (κ1) is 17.3. The lowest BCUT2D eigenvalue weighted by atomic mass is 10.3. The van der Waals surface area contributed by atoms with Gasteiger partial charge in [0, 0.05) is 10.7 Å². The van der Waals surface area contributed by atoms with Crippen LogP contribution in [0.1, 0.15) is 0 Å². The summed E-state index contributed by atoms with van der Waals surface area (Å²) in [7, 11) is 0. The molecule has 0 aliphatic carbocycles. The molecule has 25 heavy (non-hydrogen) atoms. The van der Waals surface area contributed by atoms with Gasteiger partial charge in [0.25, 0.3) is 11.1 Å². The number of carbonyl (C=O) groups is 2. The van der Waals surface area contributed by atoms with Crippen LogP contribution in [0.3, 0.4) is 0 Å². The van der Waals surface area contributed by atoms with E-state index in [0.29, 0.717) is 21.5 Å². The molecule has 0 fully saturated rings. The predicted molar refractivity (Wildman–Crippen MR) is 95.8 cm³/mol. The Morgan fingerprint density at radius 1 is 1.16 bits per heavy atom. The second-order valence-electron chi connectivity index (χ2n) is 4.95. The van der Waals surface area contributed by atoms with Gasteiger partial charge in [0.1, 0.15) is 11.3 Å². The fourth-order valence-electron chi connectivity index (χ4n) is 1.95. The average molecular weight is 377 g/mol. The third-order valence-corrected chi connectivity index (χ3v) is 4.13. The van der Waals surface area contributed by atoms with Crippen molar-refractivity contribution in [2.45, 2.75) is 5.22 Å². The zero-order valence-electron chi connectivity index (χ0n) is 12.9. The van der Waals surface area contributed by atoms with Crippen LogP contribution < -0.4 is 5.32 Å². The van der Waals surface area contributed by atoms with Crippen LogP contribution in [-0.2, 0) is 14.3 Å². The molecule has 1 heterocycles. The molecule has 0 radical (unpaired) electrons. The number of anilines is 1. The van der Waals surface area contributed by atoms with Gasteiger partial charge in [-0.3, -0.25) is 9.59 Å². The van der Waals surface area contributed by atoms with Gasteiger partial charge in [-0.05, 0) is 36.4 Å². The molecule has 3 rings (SSSR count). The Morgan fingerprint density at radius 2 is 1.92 bits per heavy atom. The first-order valence-corrected chi connectivity index (χ1v) is 8.66. The molecule has 1 N–H and O–H groups in total. The number of rotatable bonds is 6. The summed E-state index contributed by atoms with van der Waals surface area (Å²) in [6.45, 7) is -0.365. The zero-order valence-corrected chi connectivity index (χ0v) is 14.5. The van der Waals surface area contributed by atoms with Crippen LogP contribution in [0.2, 0.25) is 5.02 Å². The number of nitrogens with one attached hydrogen (secondary N) is 1. The van der Waals surface area contributed by atoms with Gasteiger partial charge in [-0.25, -0.2) is 4.98 Å². The van der Waals surface area contributed by atoms with Crippen molar-refractivity contribution in [3.05, 3.63) is 53.6 Å². The highest BCUT2D eigenvalue weighted by Gasteiger charge is 2.12. The van der Waals surface area contributed by atoms with Gasteiger partial charge in [0.05, 0.1) is 0 Å². The quantitative estimate of drug-likeness (QED) is 0.521. The van der Waals surface area contributed by atoms with E-state index in [-0.39, 0.29) is 12.4 Å². The molecule has 0 saturated heterocycles. The van der Waals surface area contributed by atoms with Crippen LogP contribution in [0.25, 0.3) is 11.1 Å². The minimum absolute atomic E-state index is 0.00104. The third kappa shape index (κ3) is 4.98. The summed E-state index contributed by atoms with van der Waals surface area (Å²) >= 11 is 6.88. The normalized spacial score (nSPS) is 10.6. The summed E-state index contributed by atoms with van der Waals surface area (Å²) in [6.07, 6.45) is 0. The lowest BCUT2D eigenvalue weighted by Crippen LogP contribution is -2.21. The Labute approximate surface area is 152 Å². The number of fused-ring (bicyclic) bond motifs is 1. The molecule has 0 atom stereocenters. The molecular formula is C17H13ClN2O4S. The second-order valence-corrected chi connectivity index (χ2v) is 6.31. The zero-order chi connectivity index (χ0) is 17.6. The largest absolute Gasteiger partial charge is 0.455 e. The van der Waals surface area contributed by atoms with Crippen LogP contribution in [0.4, 0.5) is 5.69 Å². The molecular weight excluding hydrogens is 364 g/mol. The summed E-state index contributed by atoms with van der Waals surface area (Å²) in [5, 5.41) is 3.55. The van der Waals surface area contributed by atoms with Gasteiger partial charge in [-0.15, -0.1) is 0 Å². The van der Waals surface area contributed by atoms with Crippen molar-refractivity contribution < 1.29 is 18.7 Å². The molecule has 128 valence electrons. The first-order valence-electron chi connectivity index (χ1n) is 7.29. The number of halogens is 1. The molecule has 0 aliphatic rings. The fraction of sp³-hybridized carbons (Fsp3) is 0.118. The molecule has 0 bridgehead atoms. The second kappa shape index (κ2) is 8.04. The first-order chi connectivity index (χ1) is 12.1. The SMILES string of the molecule is O=C(COC(=O)CSc1nc2ccccc2o1)Nc1ccc(Cl)cc1. The summed E-state index contributed by atoms with van der Waals surface area (Å²) in [5.41, 5.74) is 1.95. The molecule has 8 heteroatoms. The van der Waals surface area contributed by atoms with Crippen molar-refractivity contribution in [3.8, 4) is 0 Å². The van der Waals surface area contributed by atoms with Crippen molar-refractivity contribution in [1.29, 1.82) is 0 Å². The van der Waals surface area contributed by atoms with E-state index in [1.54, 1.807) is 30.3 Å². The molecule has 0 unspecified atom stereocenters. The summed E-state index contributed by atoms with van der Waals surface area (Å²) in [4.78, 5) is 27.7. The van der Waals surface area contributed by atoms with Crippen molar-refractivity contribution in [3.63, 3.8) is 0 Å². The minimum Gasteiger partial charge on any atom is -0.455 e. The minimum atomic E-state index is -0.529. The highest BCUT2D eigenvalue weighted by molar-refractivity contribution is 7.99. The number of hydrogen-bond acceptors (Lipinski definition) is 6. The maximum absolute atomic E-state index is 11.7. The maximum atomic E-state index is 11.7. The van der Waals surface area contributed by atoms with E-state index in [2.05, 4.69) is 10.3 Å². The summed E-state index contributed by atoms with van der Waals surface area (Å²) in [5.74, 6) is -0.956. The van der Waals surface area contributed by atoms with E-state index in [9.17, 15) is 9.59 Å². The van der Waals surface area contributed by atoms with Crippen molar-refractivity contribution in [1.82, 2.24) is 4.98 Å². The van der Waals surface area contributed by atoms with Crippen molar-refractivity contribution >= 4 is 52.0 Å². The molecule has 1 aromatic heterocycles. The Balaban J connectivity index is 1.43. The van der Waals surface area contributed by atoms with Crippen LogP contribution in [0.5, 0.6) is 0 Å². The van der Waals surface area contributed by atoms with E-state index in [0.717, 1.165) is 17.3 Å². The predicted octanol–water partition coefficient (Wildman–Crippen LogP) is 3.76. The van der Waals surface area contributed by atoms with E-state index in [1.165, 1.54) is 0 Å². The van der Waals surface area contributed by atoms with Crippen molar-refractivity contribution in [2.24, 2.45) is 0 Å². The number of hydrogen-bond donors (Lipinski definition) is 1. The highest BCUT2D eigenvalue weighted by atomic mass is 35.5. The Hall–Kier alpha value is -2.51. The molecule has 0 saturated carbocycles. The van der Waals surface area contributed by atoms with Crippen LogP contribution in [-0.4, -0.2) is 29.2 Å². The molecule has 1 amide bonds. The van der Waals surface area contributed by atoms with Crippen molar-refractivity contribution in [2.75, 3.05) is 17.7 Å². The van der Waals surface area contributed by atoms with E-state index >= 15 is 0 Å². The monoisotopic (exact) mass is 376 g/mol. The van der Waals surface area contributed by atoms with E-state index in [1.807, 2.05) is 18.2 Å². The van der Waals surface area contributed by atoms with Gasteiger partial charge in [0.2, 0.25) is 0 Å². The molecule has 6 nitrogen and oxygen atoms in total. The number of oxazole rings is 1. The standard InChI is InChI=1S/C17H13ClN2O4S/c18-11-5-7-12(8-6-11)19-15(21)9-23-16(22)10-25-17-20-13-3-1-2-4-14(13)24-17/h1-8H,9-10H2,(H,19,21). The molecule has 3 aromatic rings. The van der Waals surface area contributed by atoms with E-state index in [4.69, 9.17) is 20.8 Å². The Morgan fingerprint density at radius 3 is 2.68 bits per heavy atom. The lowest BCUT2D eigenvalue weighted by Gasteiger charge is -2.06. The Bertz CT molecular complexity index is 862. The Kier molecular flexibility index (Phi) is 5.57. The van der Waals surface area contributed by atoms with Gasteiger partial charge >= 0.3 is 5.97 Å². The average Bonchev–Trinajstić information content (AvgIpc) is 3.03. The third-order valence-electron chi connectivity index (χ3n) is 3.08. The number of carbonyl (C=O) groups excluding carboxylic acids is 2. The van der Waals surface area contributed by atoms with Gasteiger partial charge < -0.3 is 14.5 Å². The molecule has 0 spiro atoms. The van der Waals surface area contributed by atoms with Gasteiger partial charge in [0.15, 0.2) is 12.2 Å². The number of benzene rings is 2. The van der Waals surface area contributed by atoms with Gasteiger partial charge in [-0.1, -0.05) is 35.5 Å². The van der Waals surface area contributed by atoms with Crippen LogP contribution in [0.15, 0.2) is 58.2 Å².